The van der Waals surface area contributed by atoms with E-state index in [-0.39, 0.29) is 0 Å². The van der Waals surface area contributed by atoms with Crippen LogP contribution in [-0.4, -0.2) is 18.4 Å². The second kappa shape index (κ2) is 2.84. The van der Waals surface area contributed by atoms with Gasteiger partial charge in [-0.2, -0.15) is 22.0 Å². The molecule has 0 rings (SSSR count). The first-order chi connectivity index (χ1) is 4.72. The van der Waals surface area contributed by atoms with Gasteiger partial charge in [-0.25, -0.2) is 4.39 Å². The SMILES string of the molecule is FNC(F)(F)C(F)C(F)(F)F. The average molecular weight is 185 g/mol. The van der Waals surface area contributed by atoms with Crippen molar-refractivity contribution in [2.24, 2.45) is 0 Å². The quantitative estimate of drug-likeness (QED) is 0.394. The van der Waals surface area contributed by atoms with Crippen LogP contribution in [0.2, 0.25) is 0 Å². The predicted octanol–water partition coefficient (Wildman–Crippen LogP) is 1.95. The van der Waals surface area contributed by atoms with Gasteiger partial charge in [0, 0.05) is 0 Å². The zero-order valence-corrected chi connectivity index (χ0v) is 4.72. The minimum atomic E-state index is -5.78. The molecule has 11 heavy (non-hydrogen) atoms. The van der Waals surface area contributed by atoms with Gasteiger partial charge in [0.05, 0.1) is 0 Å². The zero-order valence-electron chi connectivity index (χ0n) is 4.72. The van der Waals surface area contributed by atoms with E-state index in [1.165, 1.54) is 0 Å². The molecule has 0 aliphatic carbocycles. The highest BCUT2D eigenvalue weighted by molar-refractivity contribution is 4.77. The summed E-state index contributed by atoms with van der Waals surface area (Å²) in [6, 6.07) is -5.22. The predicted molar refractivity (Wildman–Crippen MR) is 20.1 cm³/mol. The Bertz CT molecular complexity index is 128. The summed E-state index contributed by atoms with van der Waals surface area (Å²) in [7, 11) is 0. The van der Waals surface area contributed by atoms with E-state index >= 15 is 0 Å². The molecule has 1 nitrogen and oxygen atoms in total. The molecule has 0 fully saturated rings. The van der Waals surface area contributed by atoms with E-state index < -0.39 is 23.9 Å². The summed E-state index contributed by atoms with van der Waals surface area (Å²) in [5.74, 6) is 0. The first-order valence-electron chi connectivity index (χ1n) is 2.18. The van der Waals surface area contributed by atoms with E-state index in [1.54, 1.807) is 0 Å². The van der Waals surface area contributed by atoms with Crippen molar-refractivity contribution in [2.75, 3.05) is 0 Å². The van der Waals surface area contributed by atoms with Gasteiger partial charge in [0.1, 0.15) is 0 Å². The van der Waals surface area contributed by atoms with Crippen LogP contribution in [0.4, 0.5) is 30.8 Å². The molecule has 0 amide bonds. The maximum Gasteiger partial charge on any atom is 0.427 e. The van der Waals surface area contributed by atoms with Gasteiger partial charge in [-0.1, -0.05) is 5.54 Å². The third-order valence-corrected chi connectivity index (χ3v) is 0.732. The van der Waals surface area contributed by atoms with Gasteiger partial charge in [0.25, 0.3) is 6.17 Å². The lowest BCUT2D eigenvalue weighted by atomic mass is 10.3. The maximum absolute atomic E-state index is 11.5. The van der Waals surface area contributed by atoms with Gasteiger partial charge in [-0.05, 0) is 0 Å². The smallest absolute Gasteiger partial charge is 0.229 e. The number of hydrogen-bond donors (Lipinski definition) is 1. The van der Waals surface area contributed by atoms with Crippen LogP contribution in [-0.2, 0) is 0 Å². The van der Waals surface area contributed by atoms with Crippen molar-refractivity contribution in [1.29, 1.82) is 0 Å². The lowest BCUT2D eigenvalue weighted by Crippen LogP contribution is -2.48. The fourth-order valence-electron chi connectivity index (χ4n) is 0.253. The molecule has 0 aromatic rings. The molecular formula is C3H2F7N. The summed E-state index contributed by atoms with van der Waals surface area (Å²) in [4.78, 5) is 0. The molecule has 0 heterocycles. The molecule has 0 aliphatic rings. The summed E-state index contributed by atoms with van der Waals surface area (Å²) < 4.78 is 78.5. The third kappa shape index (κ3) is 2.52. The van der Waals surface area contributed by atoms with Crippen LogP contribution in [0.1, 0.15) is 0 Å². The van der Waals surface area contributed by atoms with E-state index in [2.05, 4.69) is 0 Å². The van der Waals surface area contributed by atoms with Crippen molar-refractivity contribution in [3.05, 3.63) is 0 Å². The number of rotatable bonds is 2. The maximum atomic E-state index is 11.5. The minimum Gasteiger partial charge on any atom is -0.229 e. The van der Waals surface area contributed by atoms with E-state index in [0.717, 1.165) is 0 Å². The molecule has 0 aromatic carbocycles. The van der Waals surface area contributed by atoms with E-state index in [1.807, 2.05) is 0 Å². The molecule has 68 valence electrons. The Kier molecular flexibility index (Phi) is 2.70. The minimum absolute atomic E-state index is 0.581. The molecule has 0 saturated carbocycles. The van der Waals surface area contributed by atoms with Crippen molar-refractivity contribution in [2.45, 2.75) is 18.4 Å². The lowest BCUT2D eigenvalue weighted by molar-refractivity contribution is -0.265. The van der Waals surface area contributed by atoms with Crippen molar-refractivity contribution >= 4 is 0 Å². The van der Waals surface area contributed by atoms with Gasteiger partial charge < -0.3 is 0 Å². The van der Waals surface area contributed by atoms with Crippen LogP contribution in [0.3, 0.4) is 0 Å². The zero-order chi connectivity index (χ0) is 9.28. The van der Waals surface area contributed by atoms with Gasteiger partial charge >= 0.3 is 12.2 Å². The number of alkyl halides is 6. The Morgan fingerprint density at radius 3 is 1.45 bits per heavy atom. The molecule has 1 N–H and O–H groups in total. The fraction of sp³-hybridized carbons (Fsp3) is 1.00. The third-order valence-electron chi connectivity index (χ3n) is 0.732. The monoisotopic (exact) mass is 185 g/mol. The fourth-order valence-corrected chi connectivity index (χ4v) is 0.253. The second-order valence-electron chi connectivity index (χ2n) is 1.62. The standard InChI is InChI=1S/C3H2F7N/c4-1(2(5,6)7)3(8,9)11-10/h1,11H. The summed E-state index contributed by atoms with van der Waals surface area (Å²) in [5, 5.41) is 0. The second-order valence-corrected chi connectivity index (χ2v) is 1.62. The van der Waals surface area contributed by atoms with Crippen LogP contribution in [0, 0.1) is 0 Å². The van der Waals surface area contributed by atoms with Crippen LogP contribution in [0.25, 0.3) is 0 Å². The van der Waals surface area contributed by atoms with E-state index in [4.69, 9.17) is 0 Å². The van der Waals surface area contributed by atoms with Gasteiger partial charge in [-0.3, -0.25) is 0 Å². The van der Waals surface area contributed by atoms with Crippen LogP contribution >= 0.6 is 0 Å². The molecule has 1 unspecified atom stereocenters. The Labute approximate surface area is 56.1 Å². The molecule has 0 spiro atoms. The molecule has 8 heteroatoms. The summed E-state index contributed by atoms with van der Waals surface area (Å²) in [6.07, 6.45) is -10.3. The number of nitrogens with one attached hydrogen (secondary N) is 1. The molecule has 0 bridgehead atoms. The van der Waals surface area contributed by atoms with E-state index in [0.29, 0.717) is 0 Å². The number of hydrogen-bond acceptors (Lipinski definition) is 1. The average Bonchev–Trinajstić information content (AvgIpc) is 1.84. The van der Waals surface area contributed by atoms with E-state index in [9.17, 15) is 30.8 Å². The highest BCUT2D eigenvalue weighted by atomic mass is 19.4. The number of halogens is 7. The normalized spacial score (nSPS) is 16.6. The van der Waals surface area contributed by atoms with Gasteiger partial charge in [0.2, 0.25) is 0 Å². The van der Waals surface area contributed by atoms with Crippen LogP contribution in [0.15, 0.2) is 0 Å². The Morgan fingerprint density at radius 1 is 1.00 bits per heavy atom. The van der Waals surface area contributed by atoms with Crippen molar-refractivity contribution in [3.63, 3.8) is 0 Å². The summed E-state index contributed by atoms with van der Waals surface area (Å²) in [5.41, 5.74) is -0.581. The molecular weight excluding hydrogens is 183 g/mol. The first-order valence-corrected chi connectivity index (χ1v) is 2.18. The molecule has 0 saturated heterocycles. The highest BCUT2D eigenvalue weighted by Crippen LogP contribution is 2.32. The van der Waals surface area contributed by atoms with Crippen LogP contribution in [0.5, 0.6) is 0 Å². The van der Waals surface area contributed by atoms with Gasteiger partial charge in [0.15, 0.2) is 0 Å². The topological polar surface area (TPSA) is 12.0 Å². The molecule has 0 radical (unpaired) electrons. The highest BCUT2D eigenvalue weighted by Gasteiger charge is 2.57. The van der Waals surface area contributed by atoms with Crippen molar-refractivity contribution in [1.82, 2.24) is 5.54 Å². The van der Waals surface area contributed by atoms with Crippen LogP contribution < -0.4 is 5.54 Å². The Balaban J connectivity index is 4.35. The lowest BCUT2D eigenvalue weighted by Gasteiger charge is -2.19. The van der Waals surface area contributed by atoms with Gasteiger partial charge in [-0.15, -0.1) is 4.48 Å². The molecule has 0 aromatic heterocycles. The molecule has 0 aliphatic heterocycles. The van der Waals surface area contributed by atoms with Crippen molar-refractivity contribution < 1.29 is 30.8 Å². The Hall–Kier alpha value is -0.530. The summed E-state index contributed by atoms with van der Waals surface area (Å²) in [6.45, 7) is 0. The Morgan fingerprint density at radius 2 is 1.36 bits per heavy atom. The first kappa shape index (κ1) is 10.5. The summed E-state index contributed by atoms with van der Waals surface area (Å²) >= 11 is 0. The molecule has 1 atom stereocenters. The largest absolute Gasteiger partial charge is 0.427 e. The van der Waals surface area contributed by atoms with Crippen molar-refractivity contribution in [3.8, 4) is 0 Å².